The molecule has 0 radical (unpaired) electrons. The summed E-state index contributed by atoms with van der Waals surface area (Å²) in [4.78, 5) is 11.3. The van der Waals surface area contributed by atoms with Gasteiger partial charge in [0, 0.05) is 12.0 Å². The minimum atomic E-state index is -4.95. The number of hydrogen-bond donors (Lipinski definition) is 0. The molecule has 0 aliphatic carbocycles. The lowest BCUT2D eigenvalue weighted by atomic mass is 10.1. The van der Waals surface area contributed by atoms with Gasteiger partial charge in [-0.3, -0.25) is 4.79 Å². The summed E-state index contributed by atoms with van der Waals surface area (Å²) in [6.45, 7) is -3.12. The summed E-state index contributed by atoms with van der Waals surface area (Å²) >= 11 is 2.85. The lowest BCUT2D eigenvalue weighted by Gasteiger charge is -2.14. The molecule has 0 amide bonds. The first-order valence-electron chi connectivity index (χ1n) is 5.12. The highest BCUT2D eigenvalue weighted by Gasteiger charge is 2.32. The van der Waals surface area contributed by atoms with Gasteiger partial charge in [0.15, 0.2) is 0 Å². The van der Waals surface area contributed by atoms with Crippen molar-refractivity contribution < 1.29 is 36.2 Å². The molecule has 1 rings (SSSR count). The van der Waals surface area contributed by atoms with Crippen LogP contribution in [0, 0.1) is 0 Å². The second-order valence-corrected chi connectivity index (χ2v) is 4.11. The summed E-state index contributed by atoms with van der Waals surface area (Å²) in [5, 5.41) is -0.0849. The van der Waals surface area contributed by atoms with E-state index in [0.717, 1.165) is 18.2 Å². The van der Waals surface area contributed by atoms with E-state index in [-0.39, 0.29) is 16.6 Å². The Labute approximate surface area is 118 Å². The molecule has 0 aliphatic rings. The van der Waals surface area contributed by atoms with Crippen molar-refractivity contribution >= 4 is 21.7 Å². The van der Waals surface area contributed by atoms with Crippen LogP contribution in [0.1, 0.15) is 5.56 Å². The maximum Gasteiger partial charge on any atom is 0.573 e. The first kappa shape index (κ1) is 16.7. The van der Waals surface area contributed by atoms with Crippen LogP contribution in [0.25, 0.3) is 0 Å². The molecule has 1 aromatic carbocycles. The predicted molar refractivity (Wildman–Crippen MR) is 62.3 cm³/mol. The molecule has 0 saturated carbocycles. The van der Waals surface area contributed by atoms with E-state index >= 15 is 0 Å². The Hall–Kier alpha value is -1.38. The number of carbonyl (C=O) groups excluding carboxylic acids is 1. The van der Waals surface area contributed by atoms with E-state index < -0.39 is 30.9 Å². The normalized spacial score (nSPS) is 11.6. The molecule has 3 nitrogen and oxygen atoms in total. The van der Waals surface area contributed by atoms with Crippen LogP contribution in [-0.2, 0) is 11.2 Å². The van der Waals surface area contributed by atoms with Gasteiger partial charge in [-0.05, 0) is 18.2 Å². The van der Waals surface area contributed by atoms with Crippen molar-refractivity contribution in [3.63, 3.8) is 0 Å². The monoisotopic (exact) mass is 362 g/mol. The quantitative estimate of drug-likeness (QED) is 0.571. The van der Waals surface area contributed by atoms with Crippen LogP contribution >= 0.6 is 15.9 Å². The van der Waals surface area contributed by atoms with Crippen molar-refractivity contribution in [3.8, 4) is 11.5 Å². The summed E-state index contributed by atoms with van der Waals surface area (Å²) in [6, 6.07) is 2.63. The number of ketones is 1. The lowest BCUT2D eigenvalue weighted by molar-refractivity contribution is -0.274. The standard InChI is InChI=1S/C11H8BrF5O3/c12-5-7(18)3-6-4-8(19-10(13)14)1-2-9(6)20-11(15,16)17/h1-2,4,10H,3,5H2. The summed E-state index contributed by atoms with van der Waals surface area (Å²) in [6.07, 6.45) is -5.35. The Morgan fingerprint density at radius 1 is 1.30 bits per heavy atom. The van der Waals surface area contributed by atoms with Gasteiger partial charge in [-0.15, -0.1) is 13.2 Å². The van der Waals surface area contributed by atoms with Crippen molar-refractivity contribution in [2.24, 2.45) is 0 Å². The van der Waals surface area contributed by atoms with E-state index in [4.69, 9.17) is 0 Å². The lowest BCUT2D eigenvalue weighted by Crippen LogP contribution is -2.19. The number of Topliss-reactive ketones (excluding diaryl/α,β-unsaturated/α-hetero) is 1. The van der Waals surface area contributed by atoms with Gasteiger partial charge in [-0.25, -0.2) is 0 Å². The molecule has 1 aromatic rings. The van der Waals surface area contributed by atoms with Crippen LogP contribution in [0.3, 0.4) is 0 Å². The van der Waals surface area contributed by atoms with Gasteiger partial charge in [-0.1, -0.05) is 15.9 Å². The maximum absolute atomic E-state index is 12.2. The first-order valence-corrected chi connectivity index (χ1v) is 6.24. The number of alkyl halides is 6. The van der Waals surface area contributed by atoms with Crippen LogP contribution in [0.15, 0.2) is 18.2 Å². The van der Waals surface area contributed by atoms with Crippen molar-refractivity contribution in [3.05, 3.63) is 23.8 Å². The number of carbonyl (C=O) groups is 1. The third kappa shape index (κ3) is 5.72. The predicted octanol–water partition coefficient (Wildman–Crippen LogP) is 3.69. The topological polar surface area (TPSA) is 35.5 Å². The molecule has 0 N–H and O–H groups in total. The van der Waals surface area contributed by atoms with Crippen LogP contribution in [0.4, 0.5) is 22.0 Å². The van der Waals surface area contributed by atoms with E-state index in [9.17, 15) is 26.7 Å². The molecule has 0 unspecified atom stereocenters. The summed E-state index contributed by atoms with van der Waals surface area (Å²) in [5.74, 6) is -1.42. The largest absolute Gasteiger partial charge is 0.573 e. The number of halogens is 6. The zero-order chi connectivity index (χ0) is 15.3. The molecule has 0 saturated heterocycles. The number of rotatable bonds is 6. The van der Waals surface area contributed by atoms with Crippen molar-refractivity contribution in [2.45, 2.75) is 19.4 Å². The van der Waals surface area contributed by atoms with Gasteiger partial charge in [-0.2, -0.15) is 8.78 Å². The van der Waals surface area contributed by atoms with E-state index in [0.29, 0.717) is 0 Å². The minimum absolute atomic E-state index is 0.0849. The molecule has 9 heteroatoms. The Balaban J connectivity index is 3.05. The molecule has 0 spiro atoms. The SMILES string of the molecule is O=C(CBr)Cc1cc(OC(F)F)ccc1OC(F)(F)F. The van der Waals surface area contributed by atoms with Crippen molar-refractivity contribution in [1.82, 2.24) is 0 Å². The molecule has 0 aliphatic heterocycles. The minimum Gasteiger partial charge on any atom is -0.435 e. The Morgan fingerprint density at radius 2 is 1.95 bits per heavy atom. The summed E-state index contributed by atoms with van der Waals surface area (Å²) in [7, 11) is 0. The third-order valence-electron chi connectivity index (χ3n) is 2.02. The van der Waals surface area contributed by atoms with E-state index in [1.807, 2.05) is 0 Å². The molecular formula is C11H8BrF5O3. The average Bonchev–Trinajstić information content (AvgIpc) is 2.30. The van der Waals surface area contributed by atoms with E-state index in [1.165, 1.54) is 0 Å². The molecule has 0 heterocycles. The Bertz CT molecular complexity index is 476. The zero-order valence-electron chi connectivity index (χ0n) is 9.72. The van der Waals surface area contributed by atoms with Crippen LogP contribution in [0.5, 0.6) is 11.5 Å². The first-order chi connectivity index (χ1) is 9.21. The number of benzene rings is 1. The number of ether oxygens (including phenoxy) is 2. The molecule has 0 bridgehead atoms. The molecule has 112 valence electrons. The molecule has 20 heavy (non-hydrogen) atoms. The highest BCUT2D eigenvalue weighted by atomic mass is 79.9. The zero-order valence-corrected chi connectivity index (χ0v) is 11.3. The summed E-state index contributed by atoms with van der Waals surface area (Å²) in [5.41, 5.74) is -0.190. The fourth-order valence-corrected chi connectivity index (χ4v) is 1.55. The van der Waals surface area contributed by atoms with Gasteiger partial charge in [0.05, 0.1) is 5.33 Å². The molecule has 0 aromatic heterocycles. The fraction of sp³-hybridized carbons (Fsp3) is 0.364. The van der Waals surface area contributed by atoms with E-state index in [1.54, 1.807) is 0 Å². The maximum atomic E-state index is 12.2. The second-order valence-electron chi connectivity index (χ2n) is 3.54. The van der Waals surface area contributed by atoms with Gasteiger partial charge in [0.1, 0.15) is 17.3 Å². The van der Waals surface area contributed by atoms with Gasteiger partial charge in [0.2, 0.25) is 0 Å². The van der Waals surface area contributed by atoms with E-state index in [2.05, 4.69) is 25.4 Å². The Kier molecular flexibility index (Phi) is 5.73. The number of hydrogen-bond acceptors (Lipinski definition) is 3. The Morgan fingerprint density at radius 3 is 2.45 bits per heavy atom. The third-order valence-corrected chi connectivity index (χ3v) is 2.64. The van der Waals surface area contributed by atoms with Crippen LogP contribution in [-0.4, -0.2) is 24.1 Å². The average molecular weight is 363 g/mol. The van der Waals surface area contributed by atoms with Crippen LogP contribution < -0.4 is 9.47 Å². The van der Waals surface area contributed by atoms with Crippen molar-refractivity contribution in [2.75, 3.05) is 5.33 Å². The van der Waals surface area contributed by atoms with Crippen LogP contribution in [0.2, 0.25) is 0 Å². The molecule has 0 atom stereocenters. The smallest absolute Gasteiger partial charge is 0.435 e. The molecule has 0 fully saturated rings. The highest BCUT2D eigenvalue weighted by Crippen LogP contribution is 2.30. The van der Waals surface area contributed by atoms with Gasteiger partial charge < -0.3 is 9.47 Å². The summed E-state index contributed by atoms with van der Waals surface area (Å²) < 4.78 is 68.4. The fourth-order valence-electron chi connectivity index (χ4n) is 1.35. The molecular weight excluding hydrogens is 355 g/mol. The highest BCUT2D eigenvalue weighted by molar-refractivity contribution is 9.09. The second kappa shape index (κ2) is 6.87. The van der Waals surface area contributed by atoms with Gasteiger partial charge in [0.25, 0.3) is 0 Å². The van der Waals surface area contributed by atoms with Gasteiger partial charge >= 0.3 is 13.0 Å². The van der Waals surface area contributed by atoms with Crippen molar-refractivity contribution in [1.29, 1.82) is 0 Å².